The van der Waals surface area contributed by atoms with Gasteiger partial charge < -0.3 is 4.74 Å². The van der Waals surface area contributed by atoms with Gasteiger partial charge in [-0.05, 0) is 49.2 Å². The zero-order valence-electron chi connectivity index (χ0n) is 17.3. The molecule has 4 heterocycles. The van der Waals surface area contributed by atoms with Crippen molar-refractivity contribution in [2.45, 2.75) is 31.5 Å². The Morgan fingerprint density at radius 3 is 2.59 bits per heavy atom. The Bertz CT molecular complexity index is 1230. The monoisotopic (exact) mass is 443 g/mol. The third-order valence-electron chi connectivity index (χ3n) is 5.91. The van der Waals surface area contributed by atoms with Crippen LogP contribution < -0.4 is 4.74 Å². The molecule has 1 aromatic carbocycles. The number of aliphatic imine (C=N–C) groups is 1. The number of para-hydroxylation sites is 1. The van der Waals surface area contributed by atoms with E-state index < -0.39 is 12.2 Å². The molecule has 2 aliphatic heterocycles. The lowest BCUT2D eigenvalue weighted by atomic mass is 9.99. The van der Waals surface area contributed by atoms with Crippen LogP contribution in [0.1, 0.15) is 35.8 Å². The molecule has 5 rings (SSSR count). The number of carbonyl (C=O) groups excluding carboxylic acids is 1. The first-order valence-electron chi connectivity index (χ1n) is 10.3. The molecule has 0 aliphatic carbocycles. The van der Waals surface area contributed by atoms with Crippen LogP contribution in [0, 0.1) is 0 Å². The minimum Gasteiger partial charge on any atom is -0.494 e. The molecule has 0 spiro atoms. The van der Waals surface area contributed by atoms with Crippen LogP contribution in [0.5, 0.6) is 5.75 Å². The number of fused-ring (bicyclic) bond motifs is 2. The fourth-order valence-corrected chi connectivity index (χ4v) is 4.44. The van der Waals surface area contributed by atoms with Crippen molar-refractivity contribution >= 4 is 22.8 Å². The number of likely N-dealkylation sites (tertiary alicyclic amines) is 1. The third kappa shape index (κ3) is 3.44. The lowest BCUT2D eigenvalue weighted by Crippen LogP contribution is -2.36. The molecule has 2 aromatic heterocycles. The molecular weight excluding hydrogens is 423 g/mol. The van der Waals surface area contributed by atoms with Gasteiger partial charge in [0.15, 0.2) is 23.0 Å². The fraction of sp³-hybridized carbons (Fsp3) is 0.364. The van der Waals surface area contributed by atoms with E-state index in [1.165, 1.54) is 34.7 Å². The molecule has 0 radical (unpaired) electrons. The SMILES string of the molecule is COc1cccc2c1N=C(c1nnc3ccc(C(N4CCCC4)C(F)(F)F)cn13)C(=O)C2. The number of methoxy groups -OCH3 is 1. The Morgan fingerprint density at radius 2 is 1.88 bits per heavy atom. The summed E-state index contributed by atoms with van der Waals surface area (Å²) in [6, 6.07) is 6.49. The van der Waals surface area contributed by atoms with Crippen molar-refractivity contribution in [1.82, 2.24) is 19.5 Å². The average Bonchev–Trinajstić information content (AvgIpc) is 3.42. The maximum atomic E-state index is 14.0. The molecule has 1 fully saturated rings. The minimum atomic E-state index is -4.43. The summed E-state index contributed by atoms with van der Waals surface area (Å²) in [5.41, 5.74) is 1.71. The van der Waals surface area contributed by atoms with Gasteiger partial charge in [0.25, 0.3) is 0 Å². The highest BCUT2D eigenvalue weighted by Crippen LogP contribution is 2.40. The van der Waals surface area contributed by atoms with Gasteiger partial charge >= 0.3 is 6.18 Å². The molecule has 7 nitrogen and oxygen atoms in total. The molecule has 0 bridgehead atoms. The second-order valence-corrected chi connectivity index (χ2v) is 7.93. The van der Waals surface area contributed by atoms with Gasteiger partial charge in [0, 0.05) is 12.6 Å². The molecule has 2 aliphatic rings. The lowest BCUT2D eigenvalue weighted by molar-refractivity contribution is -0.183. The van der Waals surface area contributed by atoms with Crippen molar-refractivity contribution in [3.8, 4) is 5.75 Å². The molecular formula is C22H20F3N5O2. The lowest BCUT2D eigenvalue weighted by Gasteiger charge is -2.29. The maximum absolute atomic E-state index is 14.0. The highest BCUT2D eigenvalue weighted by molar-refractivity contribution is 6.47. The van der Waals surface area contributed by atoms with Crippen LogP contribution in [-0.2, 0) is 11.2 Å². The van der Waals surface area contributed by atoms with E-state index in [-0.39, 0.29) is 29.3 Å². The smallest absolute Gasteiger partial charge is 0.408 e. The molecule has 3 aromatic rings. The van der Waals surface area contributed by atoms with E-state index in [1.807, 2.05) is 0 Å². The number of Topliss-reactive ketones (excluding diaryl/α,β-unsaturated/α-hetero) is 1. The van der Waals surface area contributed by atoms with Crippen LogP contribution in [0.4, 0.5) is 18.9 Å². The zero-order chi connectivity index (χ0) is 22.5. The van der Waals surface area contributed by atoms with Crippen LogP contribution in [0.15, 0.2) is 41.5 Å². The second-order valence-electron chi connectivity index (χ2n) is 7.93. The highest BCUT2D eigenvalue weighted by atomic mass is 19.4. The van der Waals surface area contributed by atoms with Crippen LogP contribution in [-0.4, -0.2) is 57.4 Å². The number of pyridine rings is 1. The van der Waals surface area contributed by atoms with Crippen molar-refractivity contribution in [1.29, 1.82) is 0 Å². The van der Waals surface area contributed by atoms with E-state index in [4.69, 9.17) is 4.74 Å². The van der Waals surface area contributed by atoms with Gasteiger partial charge in [-0.3, -0.25) is 14.1 Å². The number of benzene rings is 1. The number of ether oxygens (including phenoxy) is 1. The minimum absolute atomic E-state index is 0.0522. The summed E-state index contributed by atoms with van der Waals surface area (Å²) in [7, 11) is 1.51. The van der Waals surface area contributed by atoms with Crippen LogP contribution in [0.25, 0.3) is 5.65 Å². The van der Waals surface area contributed by atoms with E-state index in [9.17, 15) is 18.0 Å². The first kappa shape index (κ1) is 20.6. The average molecular weight is 443 g/mol. The molecule has 0 saturated carbocycles. The standard InChI is InChI=1S/C22H20F3N5O2/c1-32-16-6-4-5-13-11-15(31)19(26-18(13)16)21-28-27-17-8-7-14(12-30(17)21)20(22(23,24)25)29-9-2-3-10-29/h4-8,12,20H,2-3,9-11H2,1H3. The number of hydrogen-bond acceptors (Lipinski definition) is 6. The molecule has 1 saturated heterocycles. The number of hydrogen-bond donors (Lipinski definition) is 0. The quantitative estimate of drug-likeness (QED) is 0.615. The molecule has 1 atom stereocenters. The van der Waals surface area contributed by atoms with Crippen LogP contribution in [0.3, 0.4) is 0 Å². The summed E-state index contributed by atoms with van der Waals surface area (Å²) in [6.07, 6.45) is -1.50. The van der Waals surface area contributed by atoms with Crippen molar-refractivity contribution in [2.24, 2.45) is 4.99 Å². The largest absolute Gasteiger partial charge is 0.494 e. The first-order chi connectivity index (χ1) is 15.4. The predicted octanol–water partition coefficient (Wildman–Crippen LogP) is 3.68. The summed E-state index contributed by atoms with van der Waals surface area (Å²) in [5, 5.41) is 8.12. The Kier molecular flexibility index (Phi) is 4.96. The highest BCUT2D eigenvalue weighted by Gasteiger charge is 2.45. The van der Waals surface area contributed by atoms with Crippen LogP contribution in [0.2, 0.25) is 0 Å². The Labute approximate surface area is 181 Å². The summed E-state index contributed by atoms with van der Waals surface area (Å²) in [6.45, 7) is 0.776. The Balaban J connectivity index is 1.63. The van der Waals surface area contributed by atoms with E-state index >= 15 is 0 Å². The second kappa shape index (κ2) is 7.70. The molecule has 166 valence electrons. The van der Waals surface area contributed by atoms with Crippen molar-refractivity contribution < 1.29 is 22.7 Å². The van der Waals surface area contributed by atoms with Gasteiger partial charge in [0.2, 0.25) is 0 Å². The zero-order valence-corrected chi connectivity index (χ0v) is 17.3. The molecule has 0 amide bonds. The predicted molar refractivity (Wildman–Crippen MR) is 110 cm³/mol. The molecule has 1 unspecified atom stereocenters. The van der Waals surface area contributed by atoms with Gasteiger partial charge in [-0.2, -0.15) is 13.2 Å². The van der Waals surface area contributed by atoms with Gasteiger partial charge in [-0.15, -0.1) is 10.2 Å². The van der Waals surface area contributed by atoms with Crippen molar-refractivity contribution in [3.05, 3.63) is 53.5 Å². The third-order valence-corrected chi connectivity index (χ3v) is 5.91. The van der Waals surface area contributed by atoms with E-state index in [2.05, 4.69) is 15.2 Å². The van der Waals surface area contributed by atoms with Crippen molar-refractivity contribution in [2.75, 3.05) is 20.2 Å². The number of rotatable bonds is 4. The Hall–Kier alpha value is -3.27. The molecule has 32 heavy (non-hydrogen) atoms. The fourth-order valence-electron chi connectivity index (χ4n) is 4.44. The normalized spacial score (nSPS) is 18.0. The van der Waals surface area contributed by atoms with E-state index in [0.717, 1.165) is 18.4 Å². The molecule has 10 heteroatoms. The molecule has 0 N–H and O–H groups in total. The summed E-state index contributed by atoms with van der Waals surface area (Å²) >= 11 is 0. The van der Waals surface area contributed by atoms with E-state index in [0.29, 0.717) is 30.2 Å². The van der Waals surface area contributed by atoms with Gasteiger partial charge in [-0.1, -0.05) is 18.2 Å². The van der Waals surface area contributed by atoms with Crippen molar-refractivity contribution in [3.63, 3.8) is 0 Å². The number of aromatic nitrogens is 3. The Morgan fingerprint density at radius 1 is 1.09 bits per heavy atom. The number of ketones is 1. The van der Waals surface area contributed by atoms with Crippen LogP contribution >= 0.6 is 0 Å². The topological polar surface area (TPSA) is 72.1 Å². The summed E-state index contributed by atoms with van der Waals surface area (Å²) in [5.74, 6) is 0.344. The van der Waals surface area contributed by atoms with Gasteiger partial charge in [0.1, 0.15) is 17.5 Å². The number of alkyl halides is 3. The summed E-state index contributed by atoms with van der Waals surface area (Å²) in [4.78, 5) is 18.8. The van der Waals surface area contributed by atoms with E-state index in [1.54, 1.807) is 18.2 Å². The number of nitrogens with zero attached hydrogens (tertiary/aromatic N) is 5. The number of carbonyl (C=O) groups is 1. The maximum Gasteiger partial charge on any atom is 0.408 e. The van der Waals surface area contributed by atoms with Gasteiger partial charge in [-0.25, -0.2) is 4.99 Å². The first-order valence-corrected chi connectivity index (χ1v) is 10.3. The summed E-state index contributed by atoms with van der Waals surface area (Å²) < 4.78 is 48.7. The van der Waals surface area contributed by atoms with Gasteiger partial charge in [0.05, 0.1) is 7.11 Å². The number of halogens is 3.